The first-order valence-corrected chi connectivity index (χ1v) is 6.28. The van der Waals surface area contributed by atoms with Crippen LogP contribution < -0.4 is 0 Å². The molecule has 1 aliphatic rings. The zero-order chi connectivity index (χ0) is 11.5. The van der Waals surface area contributed by atoms with Crippen molar-refractivity contribution in [2.45, 2.75) is 52.6 Å². The lowest BCUT2D eigenvalue weighted by atomic mass is 9.87. The molecular weight excluding hydrogens is 186 g/mol. The highest BCUT2D eigenvalue weighted by Crippen LogP contribution is 2.27. The second kappa shape index (κ2) is 5.31. The van der Waals surface area contributed by atoms with E-state index in [0.29, 0.717) is 0 Å². The summed E-state index contributed by atoms with van der Waals surface area (Å²) in [5, 5.41) is 9.66. The monoisotopic (exact) mass is 213 g/mol. The summed E-state index contributed by atoms with van der Waals surface area (Å²) < 4.78 is 0. The maximum Gasteiger partial charge on any atom is 0.0575 e. The van der Waals surface area contributed by atoms with E-state index in [9.17, 15) is 5.11 Å². The number of hydrogen-bond donors (Lipinski definition) is 1. The van der Waals surface area contributed by atoms with Crippen molar-refractivity contribution in [3.63, 3.8) is 0 Å². The van der Waals surface area contributed by atoms with Crippen LogP contribution in [0, 0.1) is 11.3 Å². The van der Waals surface area contributed by atoms with E-state index in [2.05, 4.69) is 25.8 Å². The first-order chi connectivity index (χ1) is 6.92. The van der Waals surface area contributed by atoms with E-state index < -0.39 is 0 Å². The van der Waals surface area contributed by atoms with Gasteiger partial charge >= 0.3 is 0 Å². The van der Waals surface area contributed by atoms with Gasteiger partial charge in [-0.05, 0) is 32.7 Å². The van der Waals surface area contributed by atoms with Gasteiger partial charge in [0.25, 0.3) is 0 Å². The largest absolute Gasteiger partial charge is 0.393 e. The summed E-state index contributed by atoms with van der Waals surface area (Å²) in [4.78, 5) is 2.39. The molecule has 0 radical (unpaired) electrons. The molecule has 0 aromatic carbocycles. The molecule has 1 N–H and O–H groups in total. The minimum Gasteiger partial charge on any atom is -0.393 e. The Kier molecular flexibility index (Phi) is 4.60. The van der Waals surface area contributed by atoms with Gasteiger partial charge in [0.2, 0.25) is 0 Å². The van der Waals surface area contributed by atoms with Crippen LogP contribution in [0.15, 0.2) is 0 Å². The van der Waals surface area contributed by atoms with Crippen molar-refractivity contribution in [1.29, 1.82) is 0 Å². The molecular formula is C13H27NO. The molecule has 0 aromatic rings. The fourth-order valence-corrected chi connectivity index (χ4v) is 2.53. The van der Waals surface area contributed by atoms with Gasteiger partial charge in [0.05, 0.1) is 6.10 Å². The normalized spacial score (nSPS) is 21.2. The zero-order valence-electron chi connectivity index (χ0n) is 10.8. The molecule has 0 heterocycles. The van der Waals surface area contributed by atoms with Gasteiger partial charge in [0.15, 0.2) is 0 Å². The number of hydrogen-bond acceptors (Lipinski definition) is 2. The standard InChI is InChI=1S/C13H27NO/c1-11(15)13(2,3)10-14(4)9-12-7-5-6-8-12/h11-12,15H,5-10H2,1-4H3. The van der Waals surface area contributed by atoms with Gasteiger partial charge in [-0.15, -0.1) is 0 Å². The van der Waals surface area contributed by atoms with Crippen LogP contribution in [0.3, 0.4) is 0 Å². The highest BCUT2D eigenvalue weighted by atomic mass is 16.3. The third-order valence-corrected chi connectivity index (χ3v) is 3.85. The van der Waals surface area contributed by atoms with Crippen LogP contribution in [0.4, 0.5) is 0 Å². The second-order valence-electron chi connectivity index (χ2n) is 6.01. The van der Waals surface area contributed by atoms with Crippen molar-refractivity contribution in [3.8, 4) is 0 Å². The van der Waals surface area contributed by atoms with Gasteiger partial charge in [-0.25, -0.2) is 0 Å². The molecule has 2 nitrogen and oxygen atoms in total. The van der Waals surface area contributed by atoms with Gasteiger partial charge in [-0.3, -0.25) is 0 Å². The van der Waals surface area contributed by atoms with Crippen LogP contribution in [0.2, 0.25) is 0 Å². The predicted octanol–water partition coefficient (Wildman–Crippen LogP) is 2.52. The Morgan fingerprint density at radius 3 is 2.33 bits per heavy atom. The van der Waals surface area contributed by atoms with E-state index in [-0.39, 0.29) is 11.5 Å². The van der Waals surface area contributed by atoms with E-state index in [1.807, 2.05) is 6.92 Å². The smallest absolute Gasteiger partial charge is 0.0575 e. The Hall–Kier alpha value is -0.0800. The predicted molar refractivity (Wildman–Crippen MR) is 64.9 cm³/mol. The Balaban J connectivity index is 2.31. The molecule has 0 aromatic heterocycles. The van der Waals surface area contributed by atoms with Crippen molar-refractivity contribution >= 4 is 0 Å². The average Bonchev–Trinajstić information content (AvgIpc) is 2.54. The van der Waals surface area contributed by atoms with Crippen LogP contribution in [-0.2, 0) is 0 Å². The van der Waals surface area contributed by atoms with E-state index in [4.69, 9.17) is 0 Å². The number of aliphatic hydroxyl groups excluding tert-OH is 1. The Morgan fingerprint density at radius 2 is 1.87 bits per heavy atom. The lowest BCUT2D eigenvalue weighted by Crippen LogP contribution is -2.40. The third-order valence-electron chi connectivity index (χ3n) is 3.85. The van der Waals surface area contributed by atoms with Gasteiger partial charge in [0.1, 0.15) is 0 Å². The van der Waals surface area contributed by atoms with E-state index in [1.165, 1.54) is 32.2 Å². The average molecular weight is 213 g/mol. The van der Waals surface area contributed by atoms with Crippen molar-refractivity contribution < 1.29 is 5.11 Å². The molecule has 0 bridgehead atoms. The van der Waals surface area contributed by atoms with Gasteiger partial charge < -0.3 is 10.0 Å². The van der Waals surface area contributed by atoms with Crippen LogP contribution in [-0.4, -0.2) is 36.2 Å². The summed E-state index contributed by atoms with van der Waals surface area (Å²) in [6.45, 7) is 8.37. The molecule has 1 atom stereocenters. The minimum absolute atomic E-state index is 0.00730. The van der Waals surface area contributed by atoms with E-state index >= 15 is 0 Å². The van der Waals surface area contributed by atoms with Crippen molar-refractivity contribution in [2.75, 3.05) is 20.1 Å². The lowest BCUT2D eigenvalue weighted by Gasteiger charge is -2.33. The third kappa shape index (κ3) is 4.12. The molecule has 15 heavy (non-hydrogen) atoms. The van der Waals surface area contributed by atoms with Gasteiger partial charge in [-0.1, -0.05) is 26.7 Å². The molecule has 1 aliphatic carbocycles. The fourth-order valence-electron chi connectivity index (χ4n) is 2.53. The van der Waals surface area contributed by atoms with Crippen LogP contribution >= 0.6 is 0 Å². The molecule has 0 saturated heterocycles. The molecule has 90 valence electrons. The van der Waals surface area contributed by atoms with Crippen LogP contribution in [0.5, 0.6) is 0 Å². The summed E-state index contributed by atoms with van der Waals surface area (Å²) in [5.41, 5.74) is 0.00730. The molecule has 1 rings (SSSR count). The first-order valence-electron chi connectivity index (χ1n) is 6.28. The van der Waals surface area contributed by atoms with Crippen molar-refractivity contribution in [3.05, 3.63) is 0 Å². The molecule has 0 spiro atoms. The highest BCUT2D eigenvalue weighted by molar-refractivity contribution is 4.79. The topological polar surface area (TPSA) is 23.5 Å². The summed E-state index contributed by atoms with van der Waals surface area (Å²) >= 11 is 0. The lowest BCUT2D eigenvalue weighted by molar-refractivity contribution is 0.0376. The number of aliphatic hydroxyl groups is 1. The summed E-state index contributed by atoms with van der Waals surface area (Å²) in [5.74, 6) is 0.903. The molecule has 1 unspecified atom stereocenters. The van der Waals surface area contributed by atoms with Crippen LogP contribution in [0.25, 0.3) is 0 Å². The SMILES string of the molecule is CC(O)C(C)(C)CN(C)CC1CCCC1. The highest BCUT2D eigenvalue weighted by Gasteiger charge is 2.27. The molecule has 0 aliphatic heterocycles. The van der Waals surface area contributed by atoms with Crippen LogP contribution in [0.1, 0.15) is 46.5 Å². The Morgan fingerprint density at radius 1 is 1.33 bits per heavy atom. The Labute approximate surface area is 94.7 Å². The summed E-state index contributed by atoms with van der Waals surface area (Å²) in [6.07, 6.45) is 5.40. The van der Waals surface area contributed by atoms with Crippen molar-refractivity contribution in [2.24, 2.45) is 11.3 Å². The number of nitrogens with zero attached hydrogens (tertiary/aromatic N) is 1. The molecule has 1 saturated carbocycles. The van der Waals surface area contributed by atoms with Gasteiger partial charge in [-0.2, -0.15) is 0 Å². The molecule has 0 amide bonds. The minimum atomic E-state index is -0.233. The summed E-state index contributed by atoms with van der Waals surface area (Å²) in [7, 11) is 2.18. The first kappa shape index (κ1) is 13.0. The Bertz CT molecular complexity index is 183. The fraction of sp³-hybridized carbons (Fsp3) is 1.00. The molecule has 2 heteroatoms. The molecule has 1 fully saturated rings. The van der Waals surface area contributed by atoms with Crippen molar-refractivity contribution in [1.82, 2.24) is 4.90 Å². The maximum absolute atomic E-state index is 9.66. The quantitative estimate of drug-likeness (QED) is 0.758. The number of rotatable bonds is 5. The van der Waals surface area contributed by atoms with E-state index in [0.717, 1.165) is 12.5 Å². The van der Waals surface area contributed by atoms with Gasteiger partial charge in [0, 0.05) is 18.5 Å². The maximum atomic E-state index is 9.66. The summed E-state index contributed by atoms with van der Waals surface area (Å²) in [6, 6.07) is 0. The second-order valence-corrected chi connectivity index (χ2v) is 6.01. The van der Waals surface area contributed by atoms with E-state index in [1.54, 1.807) is 0 Å². The zero-order valence-corrected chi connectivity index (χ0v) is 10.8.